The van der Waals surface area contributed by atoms with Gasteiger partial charge in [0.05, 0.1) is 31.4 Å². The number of rotatable bonds is 5. The van der Waals surface area contributed by atoms with E-state index in [4.69, 9.17) is 15.1 Å². The van der Waals surface area contributed by atoms with Crippen LogP contribution in [0.2, 0.25) is 0 Å². The lowest BCUT2D eigenvalue weighted by Crippen LogP contribution is -2.10. The average Bonchev–Trinajstić information content (AvgIpc) is 2.99. The smallest absolute Gasteiger partial charge is 0.185 e. The molecule has 2 rings (SSSR count). The van der Waals surface area contributed by atoms with Gasteiger partial charge < -0.3 is 14.4 Å². The molecule has 1 N–H and O–H groups in total. The van der Waals surface area contributed by atoms with Crippen LogP contribution in [0.25, 0.3) is 0 Å². The molecule has 1 heterocycles. The van der Waals surface area contributed by atoms with Crippen LogP contribution >= 0.6 is 0 Å². The zero-order valence-corrected chi connectivity index (χ0v) is 8.33. The molecule has 0 bridgehead atoms. The van der Waals surface area contributed by atoms with Crippen molar-refractivity contribution in [2.75, 3.05) is 13.2 Å². The molecule has 0 aliphatic heterocycles. The molecule has 0 saturated heterocycles. The van der Waals surface area contributed by atoms with E-state index in [1.54, 1.807) is 12.5 Å². The average molecular weight is 207 g/mol. The van der Waals surface area contributed by atoms with Gasteiger partial charge in [-0.15, -0.1) is 0 Å². The lowest BCUT2D eigenvalue weighted by atomic mass is 10.3. The highest BCUT2D eigenvalue weighted by atomic mass is 16.5. The molecule has 1 aliphatic rings. The van der Waals surface area contributed by atoms with Gasteiger partial charge in [-0.3, -0.25) is 0 Å². The fourth-order valence-corrected chi connectivity index (χ4v) is 1.54. The van der Waals surface area contributed by atoms with Crippen molar-refractivity contribution in [2.24, 2.45) is 0 Å². The third kappa shape index (κ3) is 2.17. The highest BCUT2D eigenvalue weighted by Gasteiger charge is 2.28. The molecule has 80 valence electrons. The number of ether oxygens (including phenoxy) is 1. The number of nitrogens with zero attached hydrogens (tertiary/aromatic N) is 3. The Balaban J connectivity index is 2.11. The molecule has 5 heteroatoms. The molecule has 0 radical (unpaired) electrons. The monoisotopic (exact) mass is 207 g/mol. The molecule has 1 saturated carbocycles. The Bertz CT molecular complexity index is 365. The summed E-state index contributed by atoms with van der Waals surface area (Å²) in [5.74, 6) is 0. The number of aromatic nitrogens is 2. The Morgan fingerprint density at radius 3 is 3.13 bits per heavy atom. The number of aliphatic hydroxyl groups is 1. The third-order valence-corrected chi connectivity index (χ3v) is 2.40. The Kier molecular flexibility index (Phi) is 2.99. The first-order chi connectivity index (χ1) is 7.36. The molecule has 1 fully saturated rings. The Labute approximate surface area is 87.9 Å². The zero-order valence-electron chi connectivity index (χ0n) is 8.33. The first-order valence-electron chi connectivity index (χ1n) is 5.00. The molecule has 0 spiro atoms. The molecule has 1 aliphatic carbocycles. The predicted octanol–water partition coefficient (Wildman–Crippen LogP) is 0.792. The van der Waals surface area contributed by atoms with Gasteiger partial charge in [-0.05, 0) is 12.8 Å². The van der Waals surface area contributed by atoms with Crippen molar-refractivity contribution in [3.63, 3.8) is 0 Å². The van der Waals surface area contributed by atoms with Gasteiger partial charge in [-0.25, -0.2) is 4.98 Å². The molecule has 15 heavy (non-hydrogen) atoms. The highest BCUT2D eigenvalue weighted by Crippen LogP contribution is 2.37. The maximum Gasteiger partial charge on any atom is 0.185 e. The molecule has 1 atom stereocenters. The number of imidazole rings is 1. The van der Waals surface area contributed by atoms with Gasteiger partial charge in [0, 0.05) is 6.04 Å². The van der Waals surface area contributed by atoms with Crippen LogP contribution in [0, 0.1) is 11.3 Å². The summed E-state index contributed by atoms with van der Waals surface area (Å²) in [6, 6.07) is 2.55. The second-order valence-corrected chi connectivity index (χ2v) is 3.56. The van der Waals surface area contributed by atoms with Crippen molar-refractivity contribution >= 4 is 0 Å². The summed E-state index contributed by atoms with van der Waals surface area (Å²) in [5, 5.41) is 17.6. The van der Waals surface area contributed by atoms with Crippen molar-refractivity contribution in [2.45, 2.75) is 25.0 Å². The van der Waals surface area contributed by atoms with Crippen LogP contribution < -0.4 is 0 Å². The summed E-state index contributed by atoms with van der Waals surface area (Å²) in [5.41, 5.74) is 0.786. The van der Waals surface area contributed by atoms with Crippen LogP contribution in [-0.4, -0.2) is 27.9 Å². The van der Waals surface area contributed by atoms with Gasteiger partial charge in [0.1, 0.15) is 6.07 Å². The molecule has 5 nitrogen and oxygen atoms in total. The Hall–Kier alpha value is -1.38. The normalized spacial score (nSPS) is 17.3. The summed E-state index contributed by atoms with van der Waals surface area (Å²) < 4.78 is 7.22. The van der Waals surface area contributed by atoms with E-state index >= 15 is 0 Å². The molecule has 1 aromatic rings. The van der Waals surface area contributed by atoms with Gasteiger partial charge in [0.25, 0.3) is 0 Å². The standard InChI is InChI=1S/C10H13N3O2/c11-5-10(15-4-3-14)9-6-12-7-13(9)8-1-2-8/h6-8,10,14H,1-4H2. The number of hydrogen-bond acceptors (Lipinski definition) is 4. The summed E-state index contributed by atoms with van der Waals surface area (Å²) in [6.07, 6.45) is 5.05. The van der Waals surface area contributed by atoms with Crippen LogP contribution in [0.5, 0.6) is 0 Å². The van der Waals surface area contributed by atoms with Gasteiger partial charge in [-0.2, -0.15) is 5.26 Å². The van der Waals surface area contributed by atoms with Crippen molar-refractivity contribution in [3.8, 4) is 6.07 Å². The van der Waals surface area contributed by atoms with E-state index in [-0.39, 0.29) is 13.2 Å². The number of aliphatic hydroxyl groups excluding tert-OH is 1. The molecular weight excluding hydrogens is 194 g/mol. The Morgan fingerprint density at radius 1 is 1.73 bits per heavy atom. The van der Waals surface area contributed by atoms with E-state index in [1.807, 2.05) is 4.57 Å². The van der Waals surface area contributed by atoms with Crippen molar-refractivity contribution in [1.29, 1.82) is 5.26 Å². The minimum absolute atomic E-state index is 0.0737. The van der Waals surface area contributed by atoms with Crippen molar-refractivity contribution < 1.29 is 9.84 Å². The van der Waals surface area contributed by atoms with Gasteiger partial charge in [-0.1, -0.05) is 0 Å². The van der Waals surface area contributed by atoms with Gasteiger partial charge >= 0.3 is 0 Å². The van der Waals surface area contributed by atoms with E-state index in [9.17, 15) is 0 Å². The summed E-state index contributed by atoms with van der Waals surface area (Å²) in [6.45, 7) is 0.101. The van der Waals surface area contributed by atoms with Crippen LogP contribution in [0.3, 0.4) is 0 Å². The molecule has 1 unspecified atom stereocenters. The van der Waals surface area contributed by atoms with Gasteiger partial charge in [0.15, 0.2) is 6.10 Å². The van der Waals surface area contributed by atoms with E-state index in [1.165, 1.54) is 0 Å². The zero-order chi connectivity index (χ0) is 10.7. The Morgan fingerprint density at radius 2 is 2.53 bits per heavy atom. The van der Waals surface area contributed by atoms with Gasteiger partial charge in [0.2, 0.25) is 0 Å². The SMILES string of the molecule is N#CC(OCCO)c1cncn1C1CC1. The molecule has 0 aromatic carbocycles. The van der Waals surface area contributed by atoms with Crippen LogP contribution in [0.15, 0.2) is 12.5 Å². The van der Waals surface area contributed by atoms with Crippen molar-refractivity contribution in [1.82, 2.24) is 9.55 Å². The van der Waals surface area contributed by atoms with Crippen molar-refractivity contribution in [3.05, 3.63) is 18.2 Å². The largest absolute Gasteiger partial charge is 0.394 e. The van der Waals surface area contributed by atoms with E-state index < -0.39 is 6.10 Å². The van der Waals surface area contributed by atoms with Crippen LogP contribution in [-0.2, 0) is 4.74 Å². The lowest BCUT2D eigenvalue weighted by Gasteiger charge is -2.12. The molecule has 0 amide bonds. The van der Waals surface area contributed by atoms with Crippen LogP contribution in [0.1, 0.15) is 30.7 Å². The summed E-state index contributed by atoms with van der Waals surface area (Å²) in [7, 11) is 0. The lowest BCUT2D eigenvalue weighted by molar-refractivity contribution is 0.0541. The maximum atomic E-state index is 8.95. The second kappa shape index (κ2) is 4.43. The third-order valence-electron chi connectivity index (χ3n) is 2.40. The topological polar surface area (TPSA) is 71.1 Å². The quantitative estimate of drug-likeness (QED) is 0.774. The fraction of sp³-hybridized carbons (Fsp3) is 0.600. The first-order valence-corrected chi connectivity index (χ1v) is 5.00. The molecule has 1 aromatic heterocycles. The predicted molar refractivity (Wildman–Crippen MR) is 51.9 cm³/mol. The number of nitriles is 1. The highest BCUT2D eigenvalue weighted by molar-refractivity contribution is 5.13. The minimum Gasteiger partial charge on any atom is -0.394 e. The van der Waals surface area contributed by atoms with Crippen LogP contribution in [0.4, 0.5) is 0 Å². The van der Waals surface area contributed by atoms with E-state index in [2.05, 4.69) is 11.1 Å². The second-order valence-electron chi connectivity index (χ2n) is 3.56. The van der Waals surface area contributed by atoms with E-state index in [0.29, 0.717) is 6.04 Å². The van der Waals surface area contributed by atoms with E-state index in [0.717, 1.165) is 18.5 Å². The molecular formula is C10H13N3O2. The summed E-state index contributed by atoms with van der Waals surface area (Å²) in [4.78, 5) is 4.03. The first kappa shape index (κ1) is 10.1. The fourth-order valence-electron chi connectivity index (χ4n) is 1.54. The maximum absolute atomic E-state index is 8.95. The summed E-state index contributed by atoms with van der Waals surface area (Å²) >= 11 is 0. The number of hydrogen-bond donors (Lipinski definition) is 1. The minimum atomic E-state index is -0.625.